The highest BCUT2D eigenvalue weighted by atomic mass is 35.5. The Hall–Kier alpha value is -0.900. The van der Waals surface area contributed by atoms with Crippen molar-refractivity contribution in [2.24, 2.45) is 0 Å². The van der Waals surface area contributed by atoms with Gasteiger partial charge in [-0.25, -0.2) is 14.4 Å². The summed E-state index contributed by atoms with van der Waals surface area (Å²) < 4.78 is 13.0. The Kier molecular flexibility index (Phi) is 3.52. The van der Waals surface area contributed by atoms with Gasteiger partial charge in [0.2, 0.25) is 5.28 Å². The molecule has 0 radical (unpaired) electrons. The second kappa shape index (κ2) is 4.77. The molecule has 2 aromatic rings. The summed E-state index contributed by atoms with van der Waals surface area (Å²) in [4.78, 5) is 7.83. The van der Waals surface area contributed by atoms with Gasteiger partial charge in [0.05, 0.1) is 10.7 Å². The van der Waals surface area contributed by atoms with Gasteiger partial charge in [-0.3, -0.25) is 0 Å². The van der Waals surface area contributed by atoms with E-state index in [1.54, 1.807) is 6.92 Å². The van der Waals surface area contributed by atoms with Crippen LogP contribution in [0.15, 0.2) is 18.2 Å². The Bertz CT molecular complexity index is 564. The number of nitrogens with zero attached hydrogens (tertiary/aromatic N) is 2. The maximum absolute atomic E-state index is 13.0. The van der Waals surface area contributed by atoms with Crippen LogP contribution < -0.4 is 0 Å². The maximum Gasteiger partial charge on any atom is 0.224 e. The Morgan fingerprint density at radius 2 is 1.82 bits per heavy atom. The molecule has 0 atom stereocenters. The summed E-state index contributed by atoms with van der Waals surface area (Å²) in [5, 5.41) is 0.506. The standard InChI is InChI=1S/C11H6Cl3FN2/c1-5-9(10(13)17-11(14)16-5)7-3-2-6(15)4-8(7)12/h2-4H,1H3. The summed E-state index contributed by atoms with van der Waals surface area (Å²) >= 11 is 17.6. The Balaban J connectivity index is 2.68. The highest BCUT2D eigenvalue weighted by molar-refractivity contribution is 6.36. The number of rotatable bonds is 1. The van der Waals surface area contributed by atoms with Crippen LogP contribution in [0.1, 0.15) is 5.69 Å². The van der Waals surface area contributed by atoms with Crippen LogP contribution in [0, 0.1) is 12.7 Å². The molecule has 0 saturated heterocycles. The maximum atomic E-state index is 13.0. The van der Waals surface area contributed by atoms with Crippen LogP contribution in [0.2, 0.25) is 15.5 Å². The third-order valence-electron chi connectivity index (χ3n) is 2.22. The van der Waals surface area contributed by atoms with Gasteiger partial charge < -0.3 is 0 Å². The first-order chi connectivity index (χ1) is 7.99. The second-order valence-corrected chi connectivity index (χ2v) is 4.47. The highest BCUT2D eigenvalue weighted by Gasteiger charge is 2.14. The first-order valence-corrected chi connectivity index (χ1v) is 5.77. The summed E-state index contributed by atoms with van der Waals surface area (Å²) in [7, 11) is 0. The zero-order valence-corrected chi connectivity index (χ0v) is 10.9. The molecular weight excluding hydrogens is 285 g/mol. The molecule has 1 aromatic heterocycles. The Labute approximate surface area is 112 Å². The third kappa shape index (κ3) is 2.51. The number of aryl methyl sites for hydroxylation is 1. The van der Waals surface area contributed by atoms with E-state index in [0.717, 1.165) is 0 Å². The van der Waals surface area contributed by atoms with Crippen LogP contribution in [0.5, 0.6) is 0 Å². The quantitative estimate of drug-likeness (QED) is 0.569. The highest BCUT2D eigenvalue weighted by Crippen LogP contribution is 2.34. The van der Waals surface area contributed by atoms with Crippen molar-refractivity contribution < 1.29 is 4.39 Å². The summed E-state index contributed by atoms with van der Waals surface area (Å²) in [6, 6.07) is 4.04. The molecule has 6 heteroatoms. The molecule has 0 amide bonds. The second-order valence-electron chi connectivity index (χ2n) is 3.37. The van der Waals surface area contributed by atoms with E-state index in [1.165, 1.54) is 18.2 Å². The number of halogens is 4. The van der Waals surface area contributed by atoms with Crippen LogP contribution in [-0.2, 0) is 0 Å². The molecule has 0 N–H and O–H groups in total. The minimum Gasteiger partial charge on any atom is -0.223 e. The lowest BCUT2D eigenvalue weighted by Gasteiger charge is -2.09. The molecule has 0 unspecified atom stereocenters. The molecule has 2 nitrogen and oxygen atoms in total. The van der Waals surface area contributed by atoms with Crippen molar-refractivity contribution in [3.63, 3.8) is 0 Å². The van der Waals surface area contributed by atoms with Gasteiger partial charge in [-0.15, -0.1) is 0 Å². The van der Waals surface area contributed by atoms with Crippen LogP contribution in [0.4, 0.5) is 4.39 Å². The van der Waals surface area contributed by atoms with Gasteiger partial charge in [0, 0.05) is 11.1 Å². The minimum absolute atomic E-state index is 0.0643. The van der Waals surface area contributed by atoms with Crippen LogP contribution in [0.3, 0.4) is 0 Å². The normalized spacial score (nSPS) is 10.6. The molecule has 0 aliphatic heterocycles. The lowest BCUT2D eigenvalue weighted by atomic mass is 10.1. The van der Waals surface area contributed by atoms with Crippen molar-refractivity contribution in [2.45, 2.75) is 6.92 Å². The molecule has 1 aromatic carbocycles. The summed E-state index contributed by atoms with van der Waals surface area (Å²) in [5.41, 5.74) is 1.72. The number of aromatic nitrogens is 2. The Morgan fingerprint density at radius 1 is 1.12 bits per heavy atom. The number of hydrogen-bond acceptors (Lipinski definition) is 2. The predicted molar refractivity (Wildman–Crippen MR) is 67.2 cm³/mol. The van der Waals surface area contributed by atoms with E-state index in [-0.39, 0.29) is 15.5 Å². The van der Waals surface area contributed by atoms with Crippen molar-refractivity contribution in [1.29, 1.82) is 0 Å². The fourth-order valence-corrected chi connectivity index (χ4v) is 2.34. The average molecular weight is 292 g/mol. The molecule has 1 heterocycles. The first kappa shape index (κ1) is 12.6. The van der Waals surface area contributed by atoms with Crippen molar-refractivity contribution >= 4 is 34.8 Å². The molecule has 0 spiro atoms. The lowest BCUT2D eigenvalue weighted by molar-refractivity contribution is 0.628. The largest absolute Gasteiger partial charge is 0.224 e. The van der Waals surface area contributed by atoms with E-state index in [1.807, 2.05) is 0 Å². The summed E-state index contributed by atoms with van der Waals surface area (Å²) in [5.74, 6) is -0.414. The van der Waals surface area contributed by atoms with E-state index < -0.39 is 5.82 Å². The molecule has 17 heavy (non-hydrogen) atoms. The van der Waals surface area contributed by atoms with Crippen LogP contribution >= 0.6 is 34.8 Å². The molecule has 0 saturated carbocycles. The molecule has 88 valence electrons. The topological polar surface area (TPSA) is 25.8 Å². The van der Waals surface area contributed by atoms with Crippen molar-refractivity contribution in [3.05, 3.63) is 45.2 Å². The van der Waals surface area contributed by atoms with Crippen LogP contribution in [-0.4, -0.2) is 9.97 Å². The van der Waals surface area contributed by atoms with Gasteiger partial charge in [0.15, 0.2) is 0 Å². The Morgan fingerprint density at radius 3 is 2.41 bits per heavy atom. The van der Waals surface area contributed by atoms with E-state index in [9.17, 15) is 4.39 Å². The number of benzene rings is 1. The van der Waals surface area contributed by atoms with Crippen molar-refractivity contribution in [1.82, 2.24) is 9.97 Å². The van der Waals surface area contributed by atoms with E-state index >= 15 is 0 Å². The van der Waals surface area contributed by atoms with Gasteiger partial charge in [0.25, 0.3) is 0 Å². The van der Waals surface area contributed by atoms with E-state index in [4.69, 9.17) is 34.8 Å². The van der Waals surface area contributed by atoms with Gasteiger partial charge in [0.1, 0.15) is 11.0 Å². The van der Waals surface area contributed by atoms with E-state index in [0.29, 0.717) is 16.8 Å². The zero-order chi connectivity index (χ0) is 12.6. The minimum atomic E-state index is -0.414. The SMILES string of the molecule is Cc1nc(Cl)nc(Cl)c1-c1ccc(F)cc1Cl. The molecule has 0 aliphatic carbocycles. The molecule has 2 rings (SSSR count). The molecule has 0 bridgehead atoms. The monoisotopic (exact) mass is 290 g/mol. The zero-order valence-electron chi connectivity index (χ0n) is 8.64. The summed E-state index contributed by atoms with van der Waals surface area (Å²) in [6.07, 6.45) is 0. The third-order valence-corrected chi connectivity index (χ3v) is 2.97. The lowest BCUT2D eigenvalue weighted by Crippen LogP contribution is -1.94. The fourth-order valence-electron chi connectivity index (χ4n) is 1.50. The predicted octanol–water partition coefficient (Wildman–Crippen LogP) is 4.55. The van der Waals surface area contributed by atoms with Gasteiger partial charge in [-0.1, -0.05) is 23.2 Å². The van der Waals surface area contributed by atoms with Gasteiger partial charge in [-0.2, -0.15) is 0 Å². The smallest absolute Gasteiger partial charge is 0.223 e. The van der Waals surface area contributed by atoms with Gasteiger partial charge >= 0.3 is 0 Å². The number of hydrogen-bond donors (Lipinski definition) is 0. The molecule has 0 aliphatic rings. The van der Waals surface area contributed by atoms with Gasteiger partial charge in [-0.05, 0) is 36.7 Å². The fraction of sp³-hybridized carbons (Fsp3) is 0.0909. The van der Waals surface area contributed by atoms with Crippen molar-refractivity contribution in [3.8, 4) is 11.1 Å². The average Bonchev–Trinajstić information content (AvgIpc) is 2.19. The van der Waals surface area contributed by atoms with Crippen LogP contribution in [0.25, 0.3) is 11.1 Å². The molecular formula is C11H6Cl3FN2. The van der Waals surface area contributed by atoms with Crippen molar-refractivity contribution in [2.75, 3.05) is 0 Å². The summed E-state index contributed by atoms with van der Waals surface area (Å²) in [6.45, 7) is 1.73. The van der Waals surface area contributed by atoms with E-state index in [2.05, 4.69) is 9.97 Å². The molecule has 0 fully saturated rings. The first-order valence-electron chi connectivity index (χ1n) is 4.64.